The molecule has 0 saturated carbocycles. The molecule has 2 aromatic heterocycles. The molecule has 0 bridgehead atoms. The molecular weight excluding hydrogens is 280 g/mol. The molecule has 0 N–H and O–H groups in total. The molecule has 22 heavy (non-hydrogen) atoms. The fourth-order valence-corrected chi connectivity index (χ4v) is 2.74. The highest BCUT2D eigenvalue weighted by atomic mass is 16.5. The summed E-state index contributed by atoms with van der Waals surface area (Å²) in [6.45, 7) is 4.91. The molecule has 0 aliphatic carbocycles. The minimum atomic E-state index is 0.612. The average molecular weight is 302 g/mol. The van der Waals surface area contributed by atoms with Crippen LogP contribution in [0.1, 0.15) is 12.0 Å². The molecule has 0 aromatic carbocycles. The zero-order chi connectivity index (χ0) is 15.4. The fourth-order valence-electron chi connectivity index (χ4n) is 2.74. The third-order valence-corrected chi connectivity index (χ3v) is 3.86. The third kappa shape index (κ3) is 3.54. The summed E-state index contributed by atoms with van der Waals surface area (Å²) in [5, 5.41) is 4.23. The maximum atomic E-state index is 5.18. The van der Waals surface area contributed by atoms with E-state index >= 15 is 0 Å². The normalized spacial score (nSPS) is 16.5. The van der Waals surface area contributed by atoms with Crippen molar-refractivity contribution in [3.8, 4) is 5.88 Å². The van der Waals surface area contributed by atoms with Gasteiger partial charge in [0.05, 0.1) is 13.3 Å². The van der Waals surface area contributed by atoms with E-state index in [0.29, 0.717) is 5.88 Å². The number of aryl methyl sites for hydroxylation is 1. The van der Waals surface area contributed by atoms with Gasteiger partial charge in [0.15, 0.2) is 0 Å². The van der Waals surface area contributed by atoms with Crippen LogP contribution in [0.15, 0.2) is 24.7 Å². The summed E-state index contributed by atoms with van der Waals surface area (Å²) in [6, 6.07) is 1.77. The van der Waals surface area contributed by atoms with E-state index in [4.69, 9.17) is 4.74 Å². The minimum Gasteiger partial charge on any atom is -0.481 e. The van der Waals surface area contributed by atoms with Crippen LogP contribution in [0.3, 0.4) is 0 Å². The van der Waals surface area contributed by atoms with E-state index in [9.17, 15) is 0 Å². The molecule has 1 fully saturated rings. The van der Waals surface area contributed by atoms with Gasteiger partial charge in [-0.25, -0.2) is 4.98 Å². The van der Waals surface area contributed by atoms with Gasteiger partial charge in [-0.2, -0.15) is 10.1 Å². The number of nitrogens with zero attached hydrogens (tertiary/aromatic N) is 6. The number of anilines is 1. The van der Waals surface area contributed by atoms with Gasteiger partial charge in [0.1, 0.15) is 0 Å². The van der Waals surface area contributed by atoms with Crippen molar-refractivity contribution in [2.24, 2.45) is 7.05 Å². The lowest BCUT2D eigenvalue weighted by molar-refractivity contribution is 0.285. The summed E-state index contributed by atoms with van der Waals surface area (Å²) in [7, 11) is 3.58. The van der Waals surface area contributed by atoms with E-state index in [0.717, 1.165) is 45.1 Å². The largest absolute Gasteiger partial charge is 0.481 e. The van der Waals surface area contributed by atoms with E-state index in [-0.39, 0.29) is 0 Å². The van der Waals surface area contributed by atoms with Crippen molar-refractivity contribution in [2.45, 2.75) is 13.0 Å². The second-order valence-electron chi connectivity index (χ2n) is 5.54. The lowest BCUT2D eigenvalue weighted by Crippen LogP contribution is -2.31. The van der Waals surface area contributed by atoms with Gasteiger partial charge in [-0.05, 0) is 6.42 Å². The number of rotatable bonds is 4. The van der Waals surface area contributed by atoms with Crippen LogP contribution in [-0.2, 0) is 13.6 Å². The quantitative estimate of drug-likeness (QED) is 0.837. The molecule has 7 heteroatoms. The minimum absolute atomic E-state index is 0.612. The molecule has 0 amide bonds. The second kappa shape index (κ2) is 6.74. The van der Waals surface area contributed by atoms with Crippen molar-refractivity contribution in [2.75, 3.05) is 38.2 Å². The van der Waals surface area contributed by atoms with Crippen molar-refractivity contribution in [1.29, 1.82) is 0 Å². The molecule has 3 heterocycles. The highest BCUT2D eigenvalue weighted by Gasteiger charge is 2.17. The van der Waals surface area contributed by atoms with Crippen LogP contribution in [0.25, 0.3) is 0 Å². The van der Waals surface area contributed by atoms with E-state index in [1.807, 2.05) is 17.9 Å². The molecule has 2 aromatic rings. The summed E-state index contributed by atoms with van der Waals surface area (Å²) in [5.41, 5.74) is 1.26. The van der Waals surface area contributed by atoms with E-state index in [2.05, 4.69) is 31.1 Å². The van der Waals surface area contributed by atoms with Gasteiger partial charge < -0.3 is 9.64 Å². The Labute approximate surface area is 130 Å². The molecule has 1 saturated heterocycles. The van der Waals surface area contributed by atoms with E-state index in [1.165, 1.54) is 5.56 Å². The highest BCUT2D eigenvalue weighted by molar-refractivity contribution is 5.32. The molecule has 0 spiro atoms. The molecule has 0 atom stereocenters. The zero-order valence-corrected chi connectivity index (χ0v) is 13.1. The Morgan fingerprint density at radius 2 is 2.14 bits per heavy atom. The smallest absolute Gasteiger partial charge is 0.228 e. The molecular formula is C15H22N6O. The molecule has 118 valence electrons. The Bertz CT molecular complexity index is 614. The van der Waals surface area contributed by atoms with Crippen LogP contribution >= 0.6 is 0 Å². The Balaban J connectivity index is 1.61. The van der Waals surface area contributed by atoms with Gasteiger partial charge in [0, 0.05) is 63.8 Å². The predicted molar refractivity (Wildman–Crippen MR) is 83.9 cm³/mol. The summed E-state index contributed by atoms with van der Waals surface area (Å²) in [5.74, 6) is 1.36. The Morgan fingerprint density at radius 1 is 1.23 bits per heavy atom. The summed E-state index contributed by atoms with van der Waals surface area (Å²) < 4.78 is 7.03. The van der Waals surface area contributed by atoms with Crippen molar-refractivity contribution in [3.63, 3.8) is 0 Å². The van der Waals surface area contributed by atoms with Gasteiger partial charge >= 0.3 is 0 Å². The van der Waals surface area contributed by atoms with Crippen LogP contribution in [-0.4, -0.2) is 57.9 Å². The van der Waals surface area contributed by atoms with Crippen molar-refractivity contribution < 1.29 is 4.74 Å². The number of hydrogen-bond donors (Lipinski definition) is 0. The van der Waals surface area contributed by atoms with E-state index in [1.54, 1.807) is 19.4 Å². The lowest BCUT2D eigenvalue weighted by atomic mass is 10.3. The first-order valence-corrected chi connectivity index (χ1v) is 7.56. The number of ether oxygens (including phenoxy) is 1. The Kier molecular flexibility index (Phi) is 4.53. The number of hydrogen-bond acceptors (Lipinski definition) is 6. The van der Waals surface area contributed by atoms with Gasteiger partial charge in [-0.1, -0.05) is 0 Å². The number of aromatic nitrogens is 4. The molecule has 0 radical (unpaired) electrons. The summed E-state index contributed by atoms with van der Waals surface area (Å²) in [4.78, 5) is 13.5. The molecule has 0 unspecified atom stereocenters. The first kappa shape index (κ1) is 14.8. The monoisotopic (exact) mass is 302 g/mol. The average Bonchev–Trinajstić information content (AvgIpc) is 2.81. The molecule has 1 aliphatic heterocycles. The summed E-state index contributed by atoms with van der Waals surface area (Å²) >= 11 is 0. The first-order chi connectivity index (χ1) is 10.7. The van der Waals surface area contributed by atoms with Crippen LogP contribution in [0, 0.1) is 0 Å². The van der Waals surface area contributed by atoms with Crippen LogP contribution in [0.5, 0.6) is 5.88 Å². The topological polar surface area (TPSA) is 59.3 Å². The van der Waals surface area contributed by atoms with E-state index < -0.39 is 0 Å². The van der Waals surface area contributed by atoms with Crippen molar-refractivity contribution in [1.82, 2.24) is 24.6 Å². The van der Waals surface area contributed by atoms with Gasteiger partial charge in [-0.3, -0.25) is 9.58 Å². The van der Waals surface area contributed by atoms with Gasteiger partial charge in [0.2, 0.25) is 11.8 Å². The highest BCUT2D eigenvalue weighted by Crippen LogP contribution is 2.15. The Hall–Kier alpha value is -2.15. The van der Waals surface area contributed by atoms with Crippen molar-refractivity contribution >= 4 is 5.95 Å². The van der Waals surface area contributed by atoms with Crippen LogP contribution in [0.2, 0.25) is 0 Å². The Morgan fingerprint density at radius 3 is 2.91 bits per heavy atom. The van der Waals surface area contributed by atoms with Crippen molar-refractivity contribution in [3.05, 3.63) is 30.2 Å². The zero-order valence-electron chi connectivity index (χ0n) is 13.1. The van der Waals surface area contributed by atoms with Gasteiger partial charge in [0.25, 0.3) is 0 Å². The molecule has 1 aliphatic rings. The van der Waals surface area contributed by atoms with Crippen LogP contribution < -0.4 is 9.64 Å². The summed E-state index contributed by atoms with van der Waals surface area (Å²) in [6.07, 6.45) is 6.86. The maximum absolute atomic E-state index is 5.18. The van der Waals surface area contributed by atoms with Gasteiger partial charge in [-0.15, -0.1) is 0 Å². The fraction of sp³-hybridized carbons (Fsp3) is 0.533. The lowest BCUT2D eigenvalue weighted by Gasteiger charge is -2.21. The molecule has 7 nitrogen and oxygen atoms in total. The first-order valence-electron chi connectivity index (χ1n) is 7.56. The predicted octanol–water partition coefficient (Wildman–Crippen LogP) is 0.931. The SMILES string of the molecule is COc1ccnc(N2CCCN(Cc3cnn(C)c3)CC2)n1. The second-order valence-corrected chi connectivity index (χ2v) is 5.54. The molecule has 3 rings (SSSR count). The maximum Gasteiger partial charge on any atom is 0.228 e. The van der Waals surface area contributed by atoms with Crippen LogP contribution in [0.4, 0.5) is 5.95 Å². The standard InChI is InChI=1S/C15H22N6O/c1-19-11-13(10-17-19)12-20-6-3-7-21(9-8-20)15-16-5-4-14(18-15)22-2/h4-5,10-11H,3,6-9,12H2,1-2H3. The number of methoxy groups -OCH3 is 1. The third-order valence-electron chi connectivity index (χ3n) is 3.86.